The van der Waals surface area contributed by atoms with Gasteiger partial charge in [-0.2, -0.15) is 0 Å². The molecule has 2 aromatic rings. The van der Waals surface area contributed by atoms with Crippen LogP contribution in [-0.2, 0) is 11.3 Å². The van der Waals surface area contributed by atoms with Gasteiger partial charge in [0, 0.05) is 42.8 Å². The van der Waals surface area contributed by atoms with Gasteiger partial charge >= 0.3 is 0 Å². The van der Waals surface area contributed by atoms with Crippen molar-refractivity contribution in [1.29, 1.82) is 0 Å². The second kappa shape index (κ2) is 8.13. The number of aliphatic hydroxyl groups excluding tert-OH is 1. The van der Waals surface area contributed by atoms with Gasteiger partial charge in [-0.25, -0.2) is 0 Å². The number of pyridine rings is 1. The molecule has 0 bridgehead atoms. The van der Waals surface area contributed by atoms with Crippen LogP contribution in [0, 0.1) is 11.8 Å². The number of fused-ring (bicyclic) bond motifs is 3. The van der Waals surface area contributed by atoms with Crippen LogP contribution < -0.4 is 10.9 Å². The van der Waals surface area contributed by atoms with Crippen LogP contribution in [0.2, 0.25) is 0 Å². The van der Waals surface area contributed by atoms with Crippen LogP contribution in [0.25, 0.3) is 11.1 Å². The maximum absolute atomic E-state index is 13.2. The van der Waals surface area contributed by atoms with Crippen LogP contribution in [0.15, 0.2) is 47.3 Å². The zero-order chi connectivity index (χ0) is 20.5. The van der Waals surface area contributed by atoms with Crippen LogP contribution in [0.3, 0.4) is 0 Å². The third kappa shape index (κ3) is 3.20. The van der Waals surface area contributed by atoms with E-state index in [9.17, 15) is 14.7 Å². The first kappa shape index (κ1) is 19.9. The second-order valence-corrected chi connectivity index (χ2v) is 7.98. The summed E-state index contributed by atoms with van der Waals surface area (Å²) in [6.45, 7) is 5.87. The maximum atomic E-state index is 13.2. The molecule has 4 rings (SSSR count). The summed E-state index contributed by atoms with van der Waals surface area (Å²) in [5.74, 6) is -0.149. The van der Waals surface area contributed by atoms with E-state index in [1.807, 2.05) is 60.9 Å². The average molecular weight is 396 g/mol. The number of aliphatic hydroxyl groups is 1. The first-order valence-corrected chi connectivity index (χ1v) is 10.6. The fourth-order valence-corrected chi connectivity index (χ4v) is 5.17. The number of amides is 1. The molecule has 29 heavy (non-hydrogen) atoms. The number of nitrogens with zero attached hydrogens (tertiary/aromatic N) is 2. The van der Waals surface area contributed by atoms with E-state index >= 15 is 0 Å². The van der Waals surface area contributed by atoms with Crippen molar-refractivity contribution in [3.05, 3.63) is 58.5 Å². The number of rotatable bonds is 6. The summed E-state index contributed by atoms with van der Waals surface area (Å²) in [6, 6.07) is 13.2. The molecule has 1 saturated heterocycles. The maximum Gasteiger partial charge on any atom is 0.258 e. The molecule has 1 fully saturated rings. The van der Waals surface area contributed by atoms with Crippen molar-refractivity contribution in [3.63, 3.8) is 0 Å². The van der Waals surface area contributed by atoms with E-state index in [1.165, 1.54) is 0 Å². The molecular formula is C23H29N3O3. The monoisotopic (exact) mass is 395 g/mol. The summed E-state index contributed by atoms with van der Waals surface area (Å²) >= 11 is 0. The Morgan fingerprint density at radius 3 is 2.59 bits per heavy atom. The molecule has 1 aromatic heterocycles. The molecule has 0 spiro atoms. The topological polar surface area (TPSA) is 74.6 Å². The summed E-state index contributed by atoms with van der Waals surface area (Å²) < 4.78 is 1.85. The molecule has 3 heterocycles. The quantitative estimate of drug-likeness (QED) is 0.785. The van der Waals surface area contributed by atoms with E-state index in [0.717, 1.165) is 17.7 Å². The normalized spacial score (nSPS) is 25.6. The molecule has 1 aromatic carbocycles. The SMILES string of the molecule is CCCNC(=O)[C@@H]1[C@@H](CO)[C@@H]2Cn3c(ccc(-c4ccccc4)c3=O)[C@@H]2N1CC. The van der Waals surface area contributed by atoms with Crippen molar-refractivity contribution < 1.29 is 9.90 Å². The predicted molar refractivity (Wildman–Crippen MR) is 112 cm³/mol. The highest BCUT2D eigenvalue weighted by molar-refractivity contribution is 5.82. The molecule has 0 radical (unpaired) electrons. The van der Waals surface area contributed by atoms with Crippen molar-refractivity contribution in [3.8, 4) is 11.1 Å². The van der Waals surface area contributed by atoms with Gasteiger partial charge in [-0.15, -0.1) is 0 Å². The van der Waals surface area contributed by atoms with E-state index < -0.39 is 0 Å². The zero-order valence-corrected chi connectivity index (χ0v) is 17.0. The van der Waals surface area contributed by atoms with Gasteiger partial charge in [-0.05, 0) is 30.7 Å². The molecule has 6 nitrogen and oxygen atoms in total. The molecule has 0 aliphatic carbocycles. The smallest absolute Gasteiger partial charge is 0.258 e. The Hall–Kier alpha value is -2.44. The van der Waals surface area contributed by atoms with Crippen LogP contribution in [0.5, 0.6) is 0 Å². The molecule has 4 atom stereocenters. The number of benzene rings is 1. The van der Waals surface area contributed by atoms with E-state index in [2.05, 4.69) is 10.2 Å². The summed E-state index contributed by atoms with van der Waals surface area (Å²) in [4.78, 5) is 28.3. The van der Waals surface area contributed by atoms with E-state index in [0.29, 0.717) is 25.2 Å². The summed E-state index contributed by atoms with van der Waals surface area (Å²) in [5, 5.41) is 13.2. The van der Waals surface area contributed by atoms with Gasteiger partial charge < -0.3 is 15.0 Å². The van der Waals surface area contributed by atoms with Gasteiger partial charge in [0.05, 0.1) is 12.1 Å². The minimum Gasteiger partial charge on any atom is -0.396 e. The van der Waals surface area contributed by atoms with Crippen molar-refractivity contribution in [2.24, 2.45) is 11.8 Å². The second-order valence-electron chi connectivity index (χ2n) is 7.98. The molecule has 0 saturated carbocycles. The molecule has 2 aliphatic heterocycles. The Bertz CT molecular complexity index is 940. The van der Waals surface area contributed by atoms with Crippen molar-refractivity contribution in [1.82, 2.24) is 14.8 Å². The molecule has 0 unspecified atom stereocenters. The van der Waals surface area contributed by atoms with Crippen LogP contribution in [0.1, 0.15) is 32.0 Å². The fourth-order valence-electron chi connectivity index (χ4n) is 5.17. The minimum absolute atomic E-state index is 0.00262. The summed E-state index contributed by atoms with van der Waals surface area (Å²) in [7, 11) is 0. The van der Waals surface area contributed by atoms with Gasteiger partial charge in [0.15, 0.2) is 0 Å². The minimum atomic E-state index is -0.357. The zero-order valence-electron chi connectivity index (χ0n) is 17.0. The number of aromatic nitrogens is 1. The lowest BCUT2D eigenvalue weighted by molar-refractivity contribution is -0.127. The molecular weight excluding hydrogens is 366 g/mol. The number of likely N-dealkylation sites (tertiary alicyclic amines) is 1. The first-order chi connectivity index (χ1) is 14.1. The lowest BCUT2D eigenvalue weighted by atomic mass is 9.88. The van der Waals surface area contributed by atoms with E-state index in [1.54, 1.807) is 0 Å². The Morgan fingerprint density at radius 1 is 1.17 bits per heavy atom. The molecule has 1 amide bonds. The van der Waals surface area contributed by atoms with Crippen LogP contribution >= 0.6 is 0 Å². The molecule has 2 aliphatic rings. The Kier molecular flexibility index (Phi) is 5.56. The average Bonchev–Trinajstić information content (AvgIpc) is 3.27. The predicted octanol–water partition coefficient (Wildman–Crippen LogP) is 2.02. The van der Waals surface area contributed by atoms with E-state index in [4.69, 9.17) is 0 Å². The third-order valence-electron chi connectivity index (χ3n) is 6.46. The number of hydrogen-bond donors (Lipinski definition) is 2. The highest BCUT2D eigenvalue weighted by Crippen LogP contribution is 2.49. The Balaban J connectivity index is 1.73. The van der Waals surface area contributed by atoms with Gasteiger partial charge in [0.1, 0.15) is 0 Å². The van der Waals surface area contributed by atoms with Gasteiger partial charge in [0.25, 0.3) is 5.56 Å². The van der Waals surface area contributed by atoms with E-state index in [-0.39, 0.29) is 42.0 Å². The largest absolute Gasteiger partial charge is 0.396 e. The van der Waals surface area contributed by atoms with Gasteiger partial charge in [0.2, 0.25) is 5.91 Å². The Labute approximate surface area is 171 Å². The van der Waals surface area contributed by atoms with Crippen molar-refractivity contribution in [2.45, 2.75) is 38.9 Å². The summed E-state index contributed by atoms with van der Waals surface area (Å²) in [5.41, 5.74) is 2.55. The van der Waals surface area contributed by atoms with Crippen LogP contribution in [0.4, 0.5) is 0 Å². The lowest BCUT2D eigenvalue weighted by Crippen LogP contribution is -2.48. The highest BCUT2D eigenvalue weighted by atomic mass is 16.3. The lowest BCUT2D eigenvalue weighted by Gasteiger charge is -2.29. The number of nitrogens with one attached hydrogen (secondary N) is 1. The van der Waals surface area contributed by atoms with Crippen molar-refractivity contribution >= 4 is 5.91 Å². The number of carbonyl (C=O) groups excluding carboxylic acids is 1. The summed E-state index contributed by atoms with van der Waals surface area (Å²) in [6.07, 6.45) is 0.877. The fraction of sp³-hybridized carbons (Fsp3) is 0.478. The number of likely N-dealkylation sites (N-methyl/N-ethyl adjacent to an activating group) is 1. The first-order valence-electron chi connectivity index (χ1n) is 10.6. The number of hydrogen-bond acceptors (Lipinski definition) is 4. The van der Waals surface area contributed by atoms with Gasteiger partial charge in [-0.3, -0.25) is 14.5 Å². The highest BCUT2D eigenvalue weighted by Gasteiger charge is 2.54. The molecule has 2 N–H and O–H groups in total. The van der Waals surface area contributed by atoms with Gasteiger partial charge in [-0.1, -0.05) is 44.2 Å². The van der Waals surface area contributed by atoms with Crippen LogP contribution in [-0.4, -0.2) is 46.2 Å². The Morgan fingerprint density at radius 2 is 1.93 bits per heavy atom. The van der Waals surface area contributed by atoms with Crippen molar-refractivity contribution in [2.75, 3.05) is 19.7 Å². The number of carbonyl (C=O) groups is 1. The standard InChI is InChI=1S/C23H29N3O3/c1-3-12-24-22(28)21-18(14-27)17-13-26-19(20(17)25(21)4-2)11-10-16(23(26)29)15-8-6-5-7-9-15/h5-11,17-18,20-21,27H,3-4,12-14H2,1-2H3,(H,24,28)/t17-,18-,20+,21-/m0/s1. The molecule has 6 heteroatoms. The third-order valence-corrected chi connectivity index (χ3v) is 6.46. The molecule has 154 valence electrons.